The maximum atomic E-state index is 13.6. The van der Waals surface area contributed by atoms with Gasteiger partial charge in [0.25, 0.3) is 5.91 Å². The van der Waals surface area contributed by atoms with Crippen LogP contribution in [0, 0.1) is 25.2 Å². The molecule has 1 heterocycles. The van der Waals surface area contributed by atoms with Crippen LogP contribution in [-0.4, -0.2) is 17.1 Å². The summed E-state index contributed by atoms with van der Waals surface area (Å²) in [6.45, 7) is 3.90. The zero-order valence-corrected chi connectivity index (χ0v) is 21.3. The molecule has 8 heteroatoms. The van der Waals surface area contributed by atoms with E-state index in [-0.39, 0.29) is 11.5 Å². The van der Waals surface area contributed by atoms with Gasteiger partial charge in [0.1, 0.15) is 16.7 Å². The number of nitriles is 1. The number of thioether (sulfide) groups is 1. The van der Waals surface area contributed by atoms with E-state index in [2.05, 4.69) is 5.32 Å². The third-order valence-electron chi connectivity index (χ3n) is 5.51. The lowest BCUT2D eigenvalue weighted by molar-refractivity contribution is -0.117. The average Bonchev–Trinajstić information content (AvgIpc) is 3.14. The molecule has 1 saturated heterocycles. The van der Waals surface area contributed by atoms with E-state index in [1.807, 2.05) is 62.4 Å². The molecular weight excluding hydrogens is 501 g/mol. The first-order valence-electron chi connectivity index (χ1n) is 10.8. The predicted molar refractivity (Wildman–Crippen MR) is 143 cm³/mol. The molecular formula is C27H21Cl2N3O2S. The Kier molecular flexibility index (Phi) is 7.51. The van der Waals surface area contributed by atoms with Crippen molar-refractivity contribution in [2.24, 2.45) is 0 Å². The number of rotatable bonds is 5. The number of halogens is 2. The Balaban J connectivity index is 1.72. The molecule has 5 nitrogen and oxygen atoms in total. The Morgan fingerprint density at radius 2 is 1.63 bits per heavy atom. The quantitative estimate of drug-likeness (QED) is 0.300. The molecule has 1 aliphatic rings. The fourth-order valence-corrected chi connectivity index (χ4v) is 5.26. The summed E-state index contributed by atoms with van der Waals surface area (Å²) >= 11 is 13.4. The summed E-state index contributed by atoms with van der Waals surface area (Å²) < 4.78 is 0. The number of aryl methyl sites for hydroxylation is 2. The third-order valence-corrected chi connectivity index (χ3v) is 7.51. The Hall–Kier alpha value is -3.24. The lowest BCUT2D eigenvalue weighted by Gasteiger charge is -2.19. The maximum absolute atomic E-state index is 13.6. The standard InChI is InChI=1S/C27H21Cl2N3O2S/c1-16-3-8-19(9-4-16)31-25(33)21(15-30)27-32(20-10-5-17(2)6-11-20)26(34)24(35-27)14-18-7-12-22(28)23(29)13-18/h3-13,24H,14H2,1-2H3,(H,31,33)/b27-21-/t24-/m0/s1. The Morgan fingerprint density at radius 3 is 2.23 bits per heavy atom. The van der Waals surface area contributed by atoms with Crippen LogP contribution < -0.4 is 10.2 Å². The number of carbonyl (C=O) groups excluding carboxylic acids is 2. The van der Waals surface area contributed by atoms with Crippen molar-refractivity contribution in [2.45, 2.75) is 25.5 Å². The summed E-state index contributed by atoms with van der Waals surface area (Å²) in [4.78, 5) is 28.2. The van der Waals surface area contributed by atoms with Crippen molar-refractivity contribution in [3.05, 3.63) is 104 Å². The fraction of sp³-hybridized carbons (Fsp3) is 0.148. The molecule has 0 saturated carbocycles. The molecule has 0 spiro atoms. The number of anilines is 2. The minimum absolute atomic E-state index is 0.124. The van der Waals surface area contributed by atoms with Gasteiger partial charge in [-0.15, -0.1) is 0 Å². The van der Waals surface area contributed by atoms with Gasteiger partial charge in [-0.25, -0.2) is 0 Å². The third kappa shape index (κ3) is 5.54. The van der Waals surface area contributed by atoms with Gasteiger partial charge in [0.15, 0.2) is 0 Å². The van der Waals surface area contributed by atoms with Crippen molar-refractivity contribution >= 4 is 58.2 Å². The first-order valence-corrected chi connectivity index (χ1v) is 12.4. The van der Waals surface area contributed by atoms with Crippen LogP contribution in [0.15, 0.2) is 77.3 Å². The summed E-state index contributed by atoms with van der Waals surface area (Å²) in [6.07, 6.45) is 0.366. The van der Waals surface area contributed by atoms with Gasteiger partial charge in [-0.3, -0.25) is 14.5 Å². The number of nitrogens with zero attached hydrogens (tertiary/aromatic N) is 2. The van der Waals surface area contributed by atoms with Gasteiger partial charge in [-0.05, 0) is 62.2 Å². The molecule has 2 amide bonds. The van der Waals surface area contributed by atoms with Crippen molar-refractivity contribution in [3.8, 4) is 6.07 Å². The predicted octanol–water partition coefficient (Wildman–Crippen LogP) is 6.68. The molecule has 1 N–H and O–H groups in total. The second kappa shape index (κ2) is 10.6. The monoisotopic (exact) mass is 521 g/mol. The Morgan fingerprint density at radius 1 is 1.00 bits per heavy atom. The zero-order chi connectivity index (χ0) is 25.1. The second-order valence-electron chi connectivity index (χ2n) is 8.18. The minimum Gasteiger partial charge on any atom is -0.321 e. The Bertz CT molecular complexity index is 1360. The molecule has 176 valence electrons. The van der Waals surface area contributed by atoms with E-state index < -0.39 is 11.2 Å². The molecule has 1 atom stereocenters. The number of benzene rings is 3. The van der Waals surface area contributed by atoms with Crippen LogP contribution in [0.2, 0.25) is 10.0 Å². The van der Waals surface area contributed by atoms with Crippen molar-refractivity contribution < 1.29 is 9.59 Å². The molecule has 0 unspecified atom stereocenters. The number of hydrogen-bond donors (Lipinski definition) is 1. The van der Waals surface area contributed by atoms with E-state index in [1.54, 1.807) is 24.3 Å². The molecule has 0 bridgehead atoms. The molecule has 1 aliphatic heterocycles. The van der Waals surface area contributed by atoms with Gasteiger partial charge in [0, 0.05) is 11.4 Å². The normalized spacial score (nSPS) is 16.7. The van der Waals surface area contributed by atoms with Gasteiger partial charge < -0.3 is 5.32 Å². The van der Waals surface area contributed by atoms with Crippen LogP contribution >= 0.6 is 35.0 Å². The number of carbonyl (C=O) groups is 2. The first-order chi connectivity index (χ1) is 16.8. The summed E-state index contributed by atoms with van der Waals surface area (Å²) in [5, 5.41) is 13.3. The molecule has 0 aromatic heterocycles. The molecule has 3 aromatic rings. The SMILES string of the molecule is Cc1ccc(NC(=O)/C(C#N)=C2\S[C@@H](Cc3ccc(Cl)c(Cl)c3)C(=O)N2c2ccc(C)cc2)cc1. The highest BCUT2D eigenvalue weighted by Gasteiger charge is 2.40. The average molecular weight is 522 g/mol. The van der Waals surface area contributed by atoms with Crippen molar-refractivity contribution in [2.75, 3.05) is 10.2 Å². The molecule has 3 aromatic carbocycles. The smallest absolute Gasteiger partial charge is 0.269 e. The second-order valence-corrected chi connectivity index (χ2v) is 10.2. The summed E-state index contributed by atoms with van der Waals surface area (Å²) in [6, 6.07) is 21.9. The van der Waals surface area contributed by atoms with Crippen LogP contribution in [0.5, 0.6) is 0 Å². The van der Waals surface area contributed by atoms with E-state index in [4.69, 9.17) is 23.2 Å². The van der Waals surface area contributed by atoms with Crippen LogP contribution in [0.4, 0.5) is 11.4 Å². The van der Waals surface area contributed by atoms with E-state index in [9.17, 15) is 14.9 Å². The van der Waals surface area contributed by atoms with Gasteiger partial charge in [-0.1, -0.05) is 76.4 Å². The number of amides is 2. The first kappa shape index (κ1) is 24.9. The van der Waals surface area contributed by atoms with E-state index >= 15 is 0 Å². The zero-order valence-electron chi connectivity index (χ0n) is 19.0. The van der Waals surface area contributed by atoms with Crippen LogP contribution in [0.3, 0.4) is 0 Å². The number of nitrogens with one attached hydrogen (secondary N) is 1. The minimum atomic E-state index is -0.570. The lowest BCUT2D eigenvalue weighted by Crippen LogP contribution is -2.30. The van der Waals surface area contributed by atoms with Crippen molar-refractivity contribution in [1.82, 2.24) is 0 Å². The van der Waals surface area contributed by atoms with Crippen LogP contribution in [0.25, 0.3) is 0 Å². The van der Waals surface area contributed by atoms with Gasteiger partial charge in [0.2, 0.25) is 5.91 Å². The molecule has 0 aliphatic carbocycles. The lowest BCUT2D eigenvalue weighted by atomic mass is 10.1. The largest absolute Gasteiger partial charge is 0.321 e. The van der Waals surface area contributed by atoms with Crippen molar-refractivity contribution in [3.63, 3.8) is 0 Å². The van der Waals surface area contributed by atoms with Crippen molar-refractivity contribution in [1.29, 1.82) is 5.26 Å². The summed E-state index contributed by atoms with van der Waals surface area (Å²) in [5.74, 6) is -0.783. The van der Waals surface area contributed by atoms with Gasteiger partial charge in [0.05, 0.1) is 15.3 Å². The molecule has 1 fully saturated rings. The maximum Gasteiger partial charge on any atom is 0.269 e. The molecule has 0 radical (unpaired) electrons. The highest BCUT2D eigenvalue weighted by molar-refractivity contribution is 8.05. The highest BCUT2D eigenvalue weighted by Crippen LogP contribution is 2.42. The van der Waals surface area contributed by atoms with Gasteiger partial charge >= 0.3 is 0 Å². The highest BCUT2D eigenvalue weighted by atomic mass is 35.5. The number of hydrogen-bond acceptors (Lipinski definition) is 4. The summed E-state index contributed by atoms with van der Waals surface area (Å²) in [5.41, 5.74) is 3.95. The fourth-order valence-electron chi connectivity index (χ4n) is 3.63. The van der Waals surface area contributed by atoms with E-state index in [1.165, 1.54) is 16.7 Å². The topological polar surface area (TPSA) is 73.2 Å². The molecule has 35 heavy (non-hydrogen) atoms. The van der Waals surface area contributed by atoms with Gasteiger partial charge in [-0.2, -0.15) is 5.26 Å². The summed E-state index contributed by atoms with van der Waals surface area (Å²) in [7, 11) is 0. The van der Waals surface area contributed by atoms with Crippen LogP contribution in [-0.2, 0) is 16.0 Å². The molecule has 4 rings (SSSR count). The van der Waals surface area contributed by atoms with Crippen LogP contribution in [0.1, 0.15) is 16.7 Å². The van der Waals surface area contributed by atoms with E-state index in [0.717, 1.165) is 16.7 Å². The Labute approximate surface area is 218 Å². The van der Waals surface area contributed by atoms with E-state index in [0.29, 0.717) is 32.9 Å².